The molecular formula is C5H7. The van der Waals surface area contributed by atoms with E-state index in [0.29, 0.717) is 0 Å². The highest BCUT2D eigenvalue weighted by Gasteiger charge is 2.04. The lowest BCUT2D eigenvalue weighted by molar-refractivity contribution is 1.10. The molecule has 0 saturated heterocycles. The van der Waals surface area contributed by atoms with Crippen molar-refractivity contribution in [2.24, 2.45) is 5.92 Å². The van der Waals surface area contributed by atoms with Gasteiger partial charge in [-0.25, -0.2) is 0 Å². The van der Waals surface area contributed by atoms with Crippen LogP contribution >= 0.6 is 0 Å². The topological polar surface area (TPSA) is 0 Å². The molecule has 27 valence electrons. The minimum absolute atomic E-state index is 0.759. The largest absolute Gasteiger partial charge is 0.0807 e. The van der Waals surface area contributed by atoms with Crippen molar-refractivity contribution in [1.29, 1.82) is 0 Å². The van der Waals surface area contributed by atoms with Gasteiger partial charge in [0.05, 0.1) is 0 Å². The minimum Gasteiger partial charge on any atom is -0.0807 e. The van der Waals surface area contributed by atoms with E-state index in [2.05, 4.69) is 25.5 Å². The quantitative estimate of drug-likeness (QED) is 0.406. The molecule has 0 fully saturated rings. The van der Waals surface area contributed by atoms with Crippen LogP contribution in [0.25, 0.3) is 0 Å². The summed E-state index contributed by atoms with van der Waals surface area (Å²) in [5, 5.41) is 0. The Morgan fingerprint density at radius 3 is 2.20 bits per heavy atom. The molecule has 0 saturated carbocycles. The van der Waals surface area contributed by atoms with Gasteiger partial charge in [0.1, 0.15) is 0 Å². The molecule has 0 atom stereocenters. The number of rotatable bonds is 1. The third-order valence-corrected chi connectivity index (χ3v) is 0.800. The molecular weight excluding hydrogens is 60.1 g/mol. The second-order valence-electron chi connectivity index (χ2n) is 1.30. The molecule has 1 rings (SSSR count). The normalized spacial score (nSPS) is 20.2. The van der Waals surface area contributed by atoms with E-state index in [1.54, 1.807) is 0 Å². The first-order chi connectivity index (χ1) is 2.43. The molecule has 1 aliphatic rings. The van der Waals surface area contributed by atoms with E-state index in [1.807, 2.05) is 0 Å². The van der Waals surface area contributed by atoms with Gasteiger partial charge in [0.15, 0.2) is 0 Å². The Bertz CT molecular complexity index is 47.1. The zero-order valence-corrected chi connectivity index (χ0v) is 3.31. The van der Waals surface area contributed by atoms with Crippen LogP contribution in [0.15, 0.2) is 12.2 Å². The highest BCUT2D eigenvalue weighted by Crippen LogP contribution is 2.17. The van der Waals surface area contributed by atoms with E-state index in [9.17, 15) is 0 Å². The fraction of sp³-hybridized carbons (Fsp3) is 0.400. The summed E-state index contributed by atoms with van der Waals surface area (Å²) in [6.07, 6.45) is 6.50. The first-order valence-corrected chi connectivity index (χ1v) is 1.91. The molecule has 0 aliphatic heterocycles. The number of hydrogen-bond acceptors (Lipinski definition) is 0. The maximum absolute atomic E-state index is 2.17. The molecule has 5 heavy (non-hydrogen) atoms. The first kappa shape index (κ1) is 2.95. The predicted octanol–water partition coefficient (Wildman–Crippen LogP) is 1.40. The second-order valence-corrected chi connectivity index (χ2v) is 1.30. The summed E-state index contributed by atoms with van der Waals surface area (Å²) < 4.78 is 0. The maximum atomic E-state index is 2.17. The molecule has 1 aliphatic carbocycles. The Morgan fingerprint density at radius 1 is 1.60 bits per heavy atom. The van der Waals surface area contributed by atoms with Crippen molar-refractivity contribution in [1.82, 2.24) is 0 Å². The van der Waals surface area contributed by atoms with Crippen LogP contribution < -0.4 is 0 Å². The summed E-state index contributed by atoms with van der Waals surface area (Å²) in [6.45, 7) is 2.07. The number of allylic oxidation sites excluding steroid dienone is 2. The second kappa shape index (κ2) is 0.852. The third kappa shape index (κ3) is 0.504. The smallest absolute Gasteiger partial charge is 0.00245 e. The monoisotopic (exact) mass is 67.1 g/mol. The molecule has 0 N–H and O–H groups in total. The molecule has 0 aromatic carbocycles. The summed E-state index contributed by atoms with van der Waals surface area (Å²) in [5.41, 5.74) is 0. The highest BCUT2D eigenvalue weighted by atomic mass is 14.1. The molecule has 0 nitrogen and oxygen atoms in total. The van der Waals surface area contributed by atoms with Gasteiger partial charge in [0, 0.05) is 0 Å². The van der Waals surface area contributed by atoms with Crippen molar-refractivity contribution in [3.63, 3.8) is 0 Å². The van der Waals surface area contributed by atoms with Crippen molar-refractivity contribution in [2.45, 2.75) is 6.92 Å². The minimum atomic E-state index is 0.759. The van der Waals surface area contributed by atoms with Gasteiger partial charge in [-0.2, -0.15) is 0 Å². The van der Waals surface area contributed by atoms with Crippen LogP contribution in [0.5, 0.6) is 0 Å². The SMILES string of the molecule is C[CH]C1C=C1. The van der Waals surface area contributed by atoms with Gasteiger partial charge in [0.2, 0.25) is 0 Å². The van der Waals surface area contributed by atoms with Gasteiger partial charge in [-0.15, -0.1) is 0 Å². The maximum Gasteiger partial charge on any atom is -0.00245 e. The zero-order valence-electron chi connectivity index (χ0n) is 3.31. The van der Waals surface area contributed by atoms with E-state index >= 15 is 0 Å². The molecule has 0 bridgehead atoms. The molecule has 1 radical (unpaired) electrons. The standard InChI is InChI=1S/C5H7/c1-2-5-3-4-5/h2-5H,1H3. The van der Waals surface area contributed by atoms with Gasteiger partial charge < -0.3 is 0 Å². The molecule has 0 amide bonds. The van der Waals surface area contributed by atoms with Gasteiger partial charge in [-0.1, -0.05) is 19.1 Å². The van der Waals surface area contributed by atoms with Crippen molar-refractivity contribution in [2.75, 3.05) is 0 Å². The molecule has 0 spiro atoms. The van der Waals surface area contributed by atoms with Crippen molar-refractivity contribution >= 4 is 0 Å². The van der Waals surface area contributed by atoms with Crippen molar-refractivity contribution < 1.29 is 0 Å². The molecule has 0 unspecified atom stereocenters. The Balaban J connectivity index is 2.06. The van der Waals surface area contributed by atoms with Crippen LogP contribution in [-0.2, 0) is 0 Å². The Hall–Kier alpha value is -0.260. The summed E-state index contributed by atoms with van der Waals surface area (Å²) >= 11 is 0. The van der Waals surface area contributed by atoms with Crippen molar-refractivity contribution in [3.8, 4) is 0 Å². The van der Waals surface area contributed by atoms with E-state index < -0.39 is 0 Å². The lowest BCUT2D eigenvalue weighted by Crippen LogP contribution is -1.65. The molecule has 0 heterocycles. The van der Waals surface area contributed by atoms with Crippen LogP contribution in [0.3, 0.4) is 0 Å². The number of hydrogen-bond donors (Lipinski definition) is 0. The Morgan fingerprint density at radius 2 is 2.20 bits per heavy atom. The van der Waals surface area contributed by atoms with Crippen LogP contribution in [-0.4, -0.2) is 0 Å². The predicted molar refractivity (Wildman–Crippen MR) is 22.6 cm³/mol. The van der Waals surface area contributed by atoms with Crippen molar-refractivity contribution in [3.05, 3.63) is 18.6 Å². The van der Waals surface area contributed by atoms with Crippen LogP contribution in [0.4, 0.5) is 0 Å². The zero-order chi connectivity index (χ0) is 3.70. The van der Waals surface area contributed by atoms with Crippen LogP contribution in [0.2, 0.25) is 0 Å². The van der Waals surface area contributed by atoms with E-state index in [1.165, 1.54) is 0 Å². The summed E-state index contributed by atoms with van der Waals surface area (Å²) in [7, 11) is 0. The highest BCUT2D eigenvalue weighted by molar-refractivity contribution is 5.17. The Labute approximate surface area is 32.5 Å². The molecule has 0 heteroatoms. The van der Waals surface area contributed by atoms with Crippen LogP contribution in [0, 0.1) is 12.3 Å². The lowest BCUT2D eigenvalue weighted by atomic mass is 10.3. The van der Waals surface area contributed by atoms with E-state index in [4.69, 9.17) is 0 Å². The first-order valence-electron chi connectivity index (χ1n) is 1.91. The molecule has 0 aromatic heterocycles. The van der Waals surface area contributed by atoms with Gasteiger partial charge in [-0.3, -0.25) is 0 Å². The summed E-state index contributed by atoms with van der Waals surface area (Å²) in [5.74, 6) is 0.759. The third-order valence-electron chi connectivity index (χ3n) is 0.800. The fourth-order valence-corrected chi connectivity index (χ4v) is 0.286. The van der Waals surface area contributed by atoms with E-state index in [0.717, 1.165) is 5.92 Å². The average Bonchev–Trinajstić information content (AvgIpc) is 2.12. The summed E-state index contributed by atoms with van der Waals surface area (Å²) in [6, 6.07) is 0. The summed E-state index contributed by atoms with van der Waals surface area (Å²) in [4.78, 5) is 0. The van der Waals surface area contributed by atoms with Gasteiger partial charge in [-0.05, 0) is 12.3 Å². The fourth-order valence-electron chi connectivity index (χ4n) is 0.286. The van der Waals surface area contributed by atoms with Crippen LogP contribution in [0.1, 0.15) is 6.92 Å². The Kier molecular flexibility index (Phi) is 0.503. The molecule has 0 aromatic rings. The van der Waals surface area contributed by atoms with E-state index in [-0.39, 0.29) is 0 Å². The lowest BCUT2D eigenvalue weighted by Gasteiger charge is -1.74. The average molecular weight is 67.1 g/mol. The van der Waals surface area contributed by atoms with Gasteiger partial charge in [0.25, 0.3) is 0 Å². The van der Waals surface area contributed by atoms with Gasteiger partial charge >= 0.3 is 0 Å².